The molecule has 92 heavy (non-hydrogen) atoms. The van der Waals surface area contributed by atoms with Crippen LogP contribution in [0.2, 0.25) is 0 Å². The van der Waals surface area contributed by atoms with Gasteiger partial charge in [-0.05, 0) is 220 Å². The van der Waals surface area contributed by atoms with Crippen LogP contribution in [-0.4, -0.2) is 4.57 Å². The second-order valence-electron chi connectivity index (χ2n) is 27.3. The third-order valence-electron chi connectivity index (χ3n) is 20.9. The maximum absolute atomic E-state index is 2.52. The maximum atomic E-state index is 2.52. The van der Waals surface area contributed by atoms with Crippen molar-refractivity contribution in [2.24, 2.45) is 11.8 Å². The van der Waals surface area contributed by atoms with Crippen molar-refractivity contribution in [2.45, 2.75) is 64.7 Å². The Bertz CT molecular complexity index is 5180. The summed E-state index contributed by atoms with van der Waals surface area (Å²) in [4.78, 5) is 2.42. The van der Waals surface area contributed by atoms with Crippen LogP contribution in [0.3, 0.4) is 0 Å². The number of rotatable bonds is 12. The van der Waals surface area contributed by atoms with Gasteiger partial charge in [-0.1, -0.05) is 260 Å². The Hall–Kier alpha value is -10.5. The summed E-state index contributed by atoms with van der Waals surface area (Å²) < 4.78 is 2.44. The molecule has 0 radical (unpaired) electrons. The van der Waals surface area contributed by atoms with Gasteiger partial charge in [-0.25, -0.2) is 0 Å². The second-order valence-corrected chi connectivity index (χ2v) is 27.3. The van der Waals surface area contributed by atoms with E-state index in [1.54, 1.807) is 0 Å². The van der Waals surface area contributed by atoms with E-state index in [1.165, 1.54) is 145 Å². The van der Waals surface area contributed by atoms with Crippen LogP contribution < -0.4 is 4.90 Å². The number of hydrogen-bond donors (Lipinski definition) is 0. The van der Waals surface area contributed by atoms with Crippen molar-refractivity contribution in [1.82, 2.24) is 4.57 Å². The standard InChI is InChI=1S/C90H72N2/c1-57(2)52-79(58(3)4)64-30-28-61(29-31-64)66-38-48-76-73-21-11-15-25-82(73)90(85(76)54-66)83-26-16-12-22-74(83)77-49-39-67(55-86(77)90)63-36-45-70(46-37-63)92-87-27-17-13-23-78(87)80-53-65(40-51-88(80)92)62-34-43-69(44-35-62)91(68-41-32-60(33-42-68)59-18-8-7-9-19-59)71-47-50-75-72-20-10-14-24-81(72)89(5,6)84(75)56-71/h7-51,53-58,79H,52H2,1-6H3. The highest BCUT2D eigenvalue weighted by molar-refractivity contribution is 6.10. The lowest BCUT2D eigenvalue weighted by Crippen LogP contribution is -2.26. The summed E-state index contributed by atoms with van der Waals surface area (Å²) >= 11 is 0. The van der Waals surface area contributed by atoms with Crippen molar-refractivity contribution in [2.75, 3.05) is 4.90 Å². The van der Waals surface area contributed by atoms with Gasteiger partial charge in [0.05, 0.1) is 16.4 Å². The topological polar surface area (TPSA) is 8.17 Å². The zero-order chi connectivity index (χ0) is 62.0. The van der Waals surface area contributed by atoms with E-state index in [2.05, 4.69) is 348 Å². The van der Waals surface area contributed by atoms with Crippen molar-refractivity contribution in [3.63, 3.8) is 0 Å². The normalized spacial score (nSPS) is 15.0. The van der Waals surface area contributed by atoms with Crippen LogP contribution >= 0.6 is 0 Å². The van der Waals surface area contributed by atoms with Gasteiger partial charge in [0.25, 0.3) is 0 Å². The van der Waals surface area contributed by atoms with E-state index in [1.807, 2.05) is 0 Å². The van der Waals surface area contributed by atoms with Gasteiger partial charge in [0.2, 0.25) is 0 Å². The highest BCUT2D eigenvalue weighted by atomic mass is 15.1. The molecule has 0 aliphatic heterocycles. The molecule has 0 saturated heterocycles. The molecule has 13 aromatic carbocycles. The minimum atomic E-state index is -0.474. The molecule has 2 nitrogen and oxygen atoms in total. The minimum absolute atomic E-state index is 0.121. The van der Waals surface area contributed by atoms with Gasteiger partial charge in [-0.2, -0.15) is 0 Å². The van der Waals surface area contributed by atoms with E-state index in [9.17, 15) is 0 Å². The first kappa shape index (κ1) is 55.5. The zero-order valence-corrected chi connectivity index (χ0v) is 53.1. The molecule has 0 saturated carbocycles. The average molecular weight is 1180 g/mol. The number of hydrogen-bond acceptors (Lipinski definition) is 1. The minimum Gasteiger partial charge on any atom is -0.310 e. The van der Waals surface area contributed by atoms with Crippen LogP contribution in [-0.2, 0) is 10.8 Å². The van der Waals surface area contributed by atoms with Crippen LogP contribution in [0.1, 0.15) is 92.8 Å². The Balaban J connectivity index is 0.709. The molecule has 0 N–H and O–H groups in total. The molecule has 2 atom stereocenters. The highest BCUT2D eigenvalue weighted by Crippen LogP contribution is 2.64. The van der Waals surface area contributed by atoms with Gasteiger partial charge in [-0.15, -0.1) is 0 Å². The quantitative estimate of drug-likeness (QED) is 0.118. The summed E-state index contributed by atoms with van der Waals surface area (Å²) in [5, 5.41) is 2.47. The Labute approximate surface area is 541 Å². The largest absolute Gasteiger partial charge is 0.310 e. The Morgan fingerprint density at radius 1 is 0.315 bits per heavy atom. The van der Waals surface area contributed by atoms with E-state index in [0.717, 1.165) is 22.7 Å². The number of para-hydroxylation sites is 1. The van der Waals surface area contributed by atoms with Gasteiger partial charge < -0.3 is 9.47 Å². The van der Waals surface area contributed by atoms with E-state index in [0.29, 0.717) is 17.8 Å². The summed E-state index contributed by atoms with van der Waals surface area (Å²) in [5.74, 6) is 1.78. The van der Waals surface area contributed by atoms with Gasteiger partial charge in [0, 0.05) is 38.9 Å². The third kappa shape index (κ3) is 8.67. The van der Waals surface area contributed by atoms with E-state index in [-0.39, 0.29) is 5.41 Å². The van der Waals surface area contributed by atoms with Crippen LogP contribution in [0.5, 0.6) is 0 Å². The zero-order valence-electron chi connectivity index (χ0n) is 53.1. The molecule has 1 aromatic heterocycles. The molecule has 2 heteroatoms. The summed E-state index contributed by atoms with van der Waals surface area (Å²) in [5.41, 5.74) is 33.5. The van der Waals surface area contributed by atoms with Crippen LogP contribution in [0, 0.1) is 11.8 Å². The van der Waals surface area contributed by atoms with Crippen molar-refractivity contribution < 1.29 is 0 Å². The Kier molecular flexibility index (Phi) is 13.0. The lowest BCUT2D eigenvalue weighted by Gasteiger charge is -2.31. The second kappa shape index (κ2) is 21.6. The highest BCUT2D eigenvalue weighted by Gasteiger charge is 2.52. The number of fused-ring (bicyclic) bond motifs is 16. The van der Waals surface area contributed by atoms with Gasteiger partial charge in [0.15, 0.2) is 0 Å². The fourth-order valence-corrected chi connectivity index (χ4v) is 16.5. The molecule has 2 unspecified atom stereocenters. The van der Waals surface area contributed by atoms with Gasteiger partial charge in [-0.3, -0.25) is 0 Å². The molecule has 0 fully saturated rings. The predicted octanol–water partition coefficient (Wildman–Crippen LogP) is 24.4. The smallest absolute Gasteiger partial charge is 0.0725 e. The molecule has 14 aromatic rings. The Morgan fingerprint density at radius 3 is 1.32 bits per heavy atom. The monoisotopic (exact) mass is 1180 g/mol. The van der Waals surface area contributed by atoms with Crippen molar-refractivity contribution in [1.29, 1.82) is 0 Å². The first-order valence-electron chi connectivity index (χ1n) is 33.0. The first-order chi connectivity index (χ1) is 45.0. The first-order valence-corrected chi connectivity index (χ1v) is 33.0. The summed E-state index contributed by atoms with van der Waals surface area (Å²) in [6, 6.07) is 112. The molecular weight excluding hydrogens is 1110 g/mol. The SMILES string of the molecule is CC(C)CC(c1ccc(-c2ccc3c(c2)C2(c4ccccc4-3)c3ccccc3-c3ccc(-c4ccc(-n5c6ccccc6c6cc(-c7ccc(N(c8ccc(-c9ccccc9)cc8)c8ccc9c(c8)C(C)(C)c8ccccc8-9)cc7)ccc65)cc4)cc32)cc1)C(C)C. The molecule has 442 valence electrons. The summed E-state index contributed by atoms with van der Waals surface area (Å²) in [6.45, 7) is 14.2. The van der Waals surface area contributed by atoms with Crippen LogP contribution in [0.4, 0.5) is 17.1 Å². The van der Waals surface area contributed by atoms with E-state index >= 15 is 0 Å². The third-order valence-corrected chi connectivity index (χ3v) is 20.9. The lowest BCUT2D eigenvalue weighted by molar-refractivity contribution is 0.408. The van der Waals surface area contributed by atoms with Crippen LogP contribution in [0.15, 0.2) is 297 Å². The predicted molar refractivity (Wildman–Crippen MR) is 388 cm³/mol. The number of anilines is 3. The fraction of sp³-hybridized carbons (Fsp3) is 0.133. The summed E-state index contributed by atoms with van der Waals surface area (Å²) in [6.07, 6.45) is 1.20. The molecule has 1 spiro atoms. The van der Waals surface area contributed by atoms with Crippen LogP contribution in [0.25, 0.3) is 105 Å². The summed E-state index contributed by atoms with van der Waals surface area (Å²) in [7, 11) is 0. The number of nitrogens with zero attached hydrogens (tertiary/aromatic N) is 2. The van der Waals surface area contributed by atoms with Gasteiger partial charge >= 0.3 is 0 Å². The number of aromatic nitrogens is 1. The molecular formula is C90H72N2. The average Bonchev–Trinajstić information content (AvgIpc) is 1.51. The van der Waals surface area contributed by atoms with Crippen molar-refractivity contribution in [3.05, 3.63) is 336 Å². The van der Waals surface area contributed by atoms with Crippen molar-refractivity contribution >= 4 is 38.9 Å². The molecule has 17 rings (SSSR count). The Morgan fingerprint density at radius 2 is 0.728 bits per heavy atom. The molecule has 0 amide bonds. The molecule has 0 bridgehead atoms. The number of benzene rings is 13. The van der Waals surface area contributed by atoms with E-state index in [4.69, 9.17) is 0 Å². The molecule has 1 heterocycles. The lowest BCUT2D eigenvalue weighted by atomic mass is 9.70. The van der Waals surface area contributed by atoms with Gasteiger partial charge in [0.1, 0.15) is 0 Å². The van der Waals surface area contributed by atoms with E-state index < -0.39 is 5.41 Å². The molecule has 3 aliphatic carbocycles. The van der Waals surface area contributed by atoms with Crippen molar-refractivity contribution in [3.8, 4) is 83.6 Å². The molecule has 3 aliphatic rings. The maximum Gasteiger partial charge on any atom is 0.0725 e. The fourth-order valence-electron chi connectivity index (χ4n) is 16.5.